The average molecular weight is 573 g/mol. The van der Waals surface area contributed by atoms with Gasteiger partial charge in [-0.2, -0.15) is 0 Å². The van der Waals surface area contributed by atoms with Gasteiger partial charge < -0.3 is 5.32 Å². The largest absolute Gasteiger partial charge is 0.325 e. The highest BCUT2D eigenvalue weighted by Gasteiger charge is 2.37. The van der Waals surface area contributed by atoms with Gasteiger partial charge in [0.1, 0.15) is 16.5 Å². The van der Waals surface area contributed by atoms with Gasteiger partial charge in [0, 0.05) is 21.8 Å². The number of benzene rings is 3. The molecule has 0 bridgehead atoms. The van der Waals surface area contributed by atoms with Crippen molar-refractivity contribution in [3.8, 4) is 11.3 Å². The molecule has 12 heteroatoms. The molecular formula is C26H19ClF2N4O3S2. The number of hydrogen-bond donors (Lipinski definition) is 1. The molecule has 0 saturated heterocycles. The summed E-state index contributed by atoms with van der Waals surface area (Å²) in [6, 6.07) is 15.0. The number of rotatable bonds is 6. The zero-order valence-corrected chi connectivity index (χ0v) is 22.2. The number of thioether (sulfide) groups is 1. The summed E-state index contributed by atoms with van der Waals surface area (Å²) in [6.07, 6.45) is 1.17. The van der Waals surface area contributed by atoms with Crippen LogP contribution < -0.4 is 9.62 Å². The lowest BCUT2D eigenvalue weighted by atomic mass is 10.1. The Hall–Kier alpha value is -3.54. The second kappa shape index (κ2) is 10.3. The Morgan fingerprint density at radius 1 is 1.08 bits per heavy atom. The molecule has 38 heavy (non-hydrogen) atoms. The summed E-state index contributed by atoms with van der Waals surface area (Å²) in [5.74, 6) is -1.47. The van der Waals surface area contributed by atoms with Crippen LogP contribution in [0.2, 0.25) is 5.02 Å². The van der Waals surface area contributed by atoms with E-state index in [0.29, 0.717) is 27.5 Å². The smallest absolute Gasteiger partial charge is 0.268 e. The van der Waals surface area contributed by atoms with Crippen molar-refractivity contribution in [2.24, 2.45) is 0 Å². The van der Waals surface area contributed by atoms with Crippen LogP contribution in [0.3, 0.4) is 0 Å². The molecule has 0 radical (unpaired) electrons. The first-order valence-corrected chi connectivity index (χ1v) is 14.1. The molecule has 4 aromatic rings. The fraction of sp³-hybridized carbons (Fsp3) is 0.115. The van der Waals surface area contributed by atoms with Gasteiger partial charge >= 0.3 is 0 Å². The number of aryl methyl sites for hydroxylation is 1. The molecule has 0 unspecified atom stereocenters. The van der Waals surface area contributed by atoms with Gasteiger partial charge in [-0.3, -0.25) is 9.10 Å². The normalized spacial score (nSPS) is 13.5. The molecule has 194 valence electrons. The molecule has 0 fully saturated rings. The monoisotopic (exact) mass is 572 g/mol. The molecule has 3 aromatic carbocycles. The summed E-state index contributed by atoms with van der Waals surface area (Å²) in [4.78, 5) is 20.8. The molecule has 5 rings (SSSR count). The predicted octanol–water partition coefficient (Wildman–Crippen LogP) is 5.82. The van der Waals surface area contributed by atoms with Crippen molar-refractivity contribution in [1.29, 1.82) is 0 Å². The highest BCUT2D eigenvalue weighted by Crippen LogP contribution is 2.44. The van der Waals surface area contributed by atoms with E-state index in [1.54, 1.807) is 43.3 Å². The lowest BCUT2D eigenvalue weighted by Gasteiger charge is -2.31. The van der Waals surface area contributed by atoms with Crippen LogP contribution in [-0.2, 0) is 21.4 Å². The highest BCUT2D eigenvalue weighted by molar-refractivity contribution is 7.99. The third-order valence-electron chi connectivity index (χ3n) is 5.84. The Morgan fingerprint density at radius 2 is 1.87 bits per heavy atom. The molecule has 1 amide bonds. The first-order chi connectivity index (χ1) is 18.1. The Labute approximate surface area is 226 Å². The van der Waals surface area contributed by atoms with E-state index in [4.69, 9.17) is 11.6 Å². The first kappa shape index (κ1) is 26.1. The Morgan fingerprint density at radius 3 is 2.63 bits per heavy atom. The third kappa shape index (κ3) is 5.09. The summed E-state index contributed by atoms with van der Waals surface area (Å²) < 4.78 is 56.4. The molecule has 0 aliphatic carbocycles. The number of nitrogens with zero attached hydrogens (tertiary/aromatic N) is 3. The van der Waals surface area contributed by atoms with E-state index in [2.05, 4.69) is 15.3 Å². The number of hydrogen-bond acceptors (Lipinski definition) is 6. The zero-order chi connectivity index (χ0) is 27.0. The number of carbonyl (C=O) groups excluding carboxylic acids is 1. The number of amides is 1. The van der Waals surface area contributed by atoms with E-state index in [1.165, 1.54) is 30.5 Å². The molecule has 1 aliphatic heterocycles. The fourth-order valence-electron chi connectivity index (χ4n) is 3.92. The topological polar surface area (TPSA) is 92.3 Å². The van der Waals surface area contributed by atoms with Gasteiger partial charge in [-0.05, 0) is 48.9 Å². The van der Waals surface area contributed by atoms with E-state index in [-0.39, 0.29) is 33.6 Å². The predicted molar refractivity (Wildman–Crippen MR) is 143 cm³/mol. The molecule has 7 nitrogen and oxygen atoms in total. The van der Waals surface area contributed by atoms with Crippen LogP contribution in [0.15, 0.2) is 76.9 Å². The van der Waals surface area contributed by atoms with Gasteiger partial charge in [0.2, 0.25) is 5.91 Å². The van der Waals surface area contributed by atoms with Crippen molar-refractivity contribution in [1.82, 2.24) is 9.97 Å². The molecule has 0 saturated carbocycles. The van der Waals surface area contributed by atoms with E-state index in [9.17, 15) is 22.0 Å². The number of fused-ring (bicyclic) bond motifs is 3. The van der Waals surface area contributed by atoms with E-state index < -0.39 is 27.6 Å². The number of nitrogens with one attached hydrogen (secondary N) is 1. The summed E-state index contributed by atoms with van der Waals surface area (Å²) in [5, 5.41) is 3.13. The Kier molecular flexibility index (Phi) is 7.08. The van der Waals surface area contributed by atoms with Crippen LogP contribution in [0, 0.1) is 18.6 Å². The van der Waals surface area contributed by atoms with Crippen LogP contribution in [0.1, 0.15) is 11.1 Å². The zero-order valence-electron chi connectivity index (χ0n) is 19.8. The minimum Gasteiger partial charge on any atom is -0.325 e. The molecule has 0 spiro atoms. The quantitative estimate of drug-likeness (QED) is 0.231. The number of aromatic nitrogens is 2. The lowest BCUT2D eigenvalue weighted by Crippen LogP contribution is -2.34. The van der Waals surface area contributed by atoms with Crippen LogP contribution in [0.25, 0.3) is 11.3 Å². The fourth-order valence-corrected chi connectivity index (χ4v) is 6.26. The maximum Gasteiger partial charge on any atom is 0.268 e. The number of anilines is 2. The second-order valence-electron chi connectivity index (χ2n) is 8.43. The van der Waals surface area contributed by atoms with Gasteiger partial charge in [0.25, 0.3) is 10.0 Å². The summed E-state index contributed by atoms with van der Waals surface area (Å²) in [5.41, 5.74) is 1.83. The van der Waals surface area contributed by atoms with Crippen LogP contribution >= 0.6 is 23.4 Å². The van der Waals surface area contributed by atoms with Crippen LogP contribution in [-0.4, -0.2) is 30.0 Å². The minimum absolute atomic E-state index is 0.0944. The van der Waals surface area contributed by atoms with Gasteiger partial charge in [0.05, 0.1) is 29.9 Å². The van der Waals surface area contributed by atoms with Crippen LogP contribution in [0.4, 0.5) is 20.2 Å². The van der Waals surface area contributed by atoms with E-state index >= 15 is 0 Å². The van der Waals surface area contributed by atoms with Gasteiger partial charge in [-0.1, -0.05) is 47.6 Å². The summed E-state index contributed by atoms with van der Waals surface area (Å²) >= 11 is 7.22. The van der Waals surface area contributed by atoms with E-state index in [0.717, 1.165) is 16.1 Å². The van der Waals surface area contributed by atoms with Crippen molar-refractivity contribution < 1.29 is 22.0 Å². The van der Waals surface area contributed by atoms with E-state index in [1.807, 2.05) is 0 Å². The first-order valence-electron chi connectivity index (χ1n) is 11.3. The molecule has 2 heterocycles. The molecule has 1 N–H and O–H groups in total. The maximum atomic E-state index is 14.4. The molecular weight excluding hydrogens is 554 g/mol. The van der Waals surface area contributed by atoms with Crippen molar-refractivity contribution >= 4 is 50.7 Å². The minimum atomic E-state index is -4.15. The molecule has 0 atom stereocenters. The van der Waals surface area contributed by atoms with Crippen LogP contribution in [0.5, 0.6) is 0 Å². The number of carbonyl (C=O) groups is 1. The number of sulfonamides is 1. The highest BCUT2D eigenvalue weighted by atomic mass is 35.5. The Bertz CT molecular complexity index is 1690. The van der Waals surface area contributed by atoms with Gasteiger partial charge in [-0.15, -0.1) is 0 Å². The third-order valence-corrected chi connectivity index (χ3v) is 8.70. The van der Waals surface area contributed by atoms with Crippen molar-refractivity contribution in [3.05, 3.63) is 94.6 Å². The van der Waals surface area contributed by atoms with Gasteiger partial charge in [0.15, 0.2) is 5.16 Å². The van der Waals surface area contributed by atoms with Crippen molar-refractivity contribution in [2.45, 2.75) is 23.5 Å². The second-order valence-corrected chi connectivity index (χ2v) is 11.6. The molecule has 1 aliphatic rings. The van der Waals surface area contributed by atoms with Crippen molar-refractivity contribution in [2.75, 3.05) is 15.4 Å². The van der Waals surface area contributed by atoms with Crippen molar-refractivity contribution in [3.63, 3.8) is 0 Å². The summed E-state index contributed by atoms with van der Waals surface area (Å²) in [7, 11) is -4.15. The summed E-state index contributed by atoms with van der Waals surface area (Å²) in [6.45, 7) is 1.38. The molecule has 1 aromatic heterocycles. The average Bonchev–Trinajstić information content (AvgIpc) is 2.88. The van der Waals surface area contributed by atoms with Gasteiger partial charge in [-0.25, -0.2) is 27.2 Å². The lowest BCUT2D eigenvalue weighted by molar-refractivity contribution is -0.113. The maximum absolute atomic E-state index is 14.4. The number of halogens is 3. The Balaban J connectivity index is 1.43. The standard InChI is InChI=1S/C26H19ClF2N4O3S2/c1-15-6-8-18(11-21(15)29)31-24(34)14-37-26-30-12-23-25(32-26)19-10-17(27)7-9-22(19)33(38(23,35)36)13-16-4-2-3-5-20(16)28/h2-12H,13-14H2,1H3,(H,31,34). The SMILES string of the molecule is Cc1ccc(NC(=O)CSc2ncc3c(n2)-c2cc(Cl)ccc2N(Cc2ccccc2F)S3(=O)=O)cc1F.